The second-order valence-corrected chi connectivity index (χ2v) is 9.07. The topological polar surface area (TPSA) is 38.1 Å². The Morgan fingerprint density at radius 1 is 0.758 bits per heavy atom. The van der Waals surface area contributed by atoms with Crippen LogP contribution in [0.15, 0.2) is 89.7 Å². The van der Waals surface area contributed by atoms with E-state index < -0.39 is 0 Å². The van der Waals surface area contributed by atoms with Gasteiger partial charge in [-0.15, -0.1) is 0 Å². The fraction of sp³-hybridized carbons (Fsp3) is 0.310. The van der Waals surface area contributed by atoms with Gasteiger partial charge in [-0.2, -0.15) is 5.10 Å². The first-order chi connectivity index (χ1) is 16.3. The minimum Gasteiger partial charge on any atom is -0.303 e. The second-order valence-electron chi connectivity index (χ2n) is 9.07. The molecule has 168 valence electrons. The highest BCUT2D eigenvalue weighted by molar-refractivity contribution is 5.83. The van der Waals surface area contributed by atoms with Crippen molar-refractivity contribution in [1.29, 1.82) is 0 Å². The molecule has 0 aliphatic carbocycles. The Kier molecular flexibility index (Phi) is 6.63. The molecule has 33 heavy (non-hydrogen) atoms. The van der Waals surface area contributed by atoms with E-state index in [0.717, 1.165) is 68.2 Å². The molecular formula is C29H31N3O. The molecule has 1 aliphatic rings. The molecule has 4 heteroatoms. The highest BCUT2D eigenvalue weighted by Gasteiger charge is 2.22. The van der Waals surface area contributed by atoms with E-state index in [0.29, 0.717) is 0 Å². The summed E-state index contributed by atoms with van der Waals surface area (Å²) in [5.74, 6) is 0. The zero-order valence-electron chi connectivity index (χ0n) is 19.1. The van der Waals surface area contributed by atoms with Crippen molar-refractivity contribution in [3.05, 3.63) is 112 Å². The normalized spacial score (nSPS) is 17.2. The summed E-state index contributed by atoms with van der Waals surface area (Å²) in [6.45, 7) is 3.16. The average Bonchev–Trinajstić information content (AvgIpc) is 3.11. The standard InChI is InChI=1S/C29H31N3O/c33-29-27-16-8-7-15-26(27)28(22-24-12-5-2-6-13-24)30-32(29)25-14-9-19-31(21-18-25)20-17-23-10-3-1-4-11-23/h1-8,10-13,15-16,25H,9,14,17-22H2. The van der Waals surface area contributed by atoms with Crippen LogP contribution in [0.2, 0.25) is 0 Å². The molecule has 0 N–H and O–H groups in total. The predicted molar refractivity (Wildman–Crippen MR) is 135 cm³/mol. The van der Waals surface area contributed by atoms with Gasteiger partial charge in [0.05, 0.1) is 17.1 Å². The smallest absolute Gasteiger partial charge is 0.274 e. The molecule has 1 fully saturated rings. The van der Waals surface area contributed by atoms with Gasteiger partial charge in [0, 0.05) is 24.9 Å². The predicted octanol–water partition coefficient (Wildman–Crippen LogP) is 5.26. The summed E-state index contributed by atoms with van der Waals surface area (Å²) in [5, 5.41) is 6.72. The van der Waals surface area contributed by atoms with Crippen LogP contribution in [0.4, 0.5) is 0 Å². The van der Waals surface area contributed by atoms with Gasteiger partial charge in [-0.3, -0.25) is 4.79 Å². The summed E-state index contributed by atoms with van der Waals surface area (Å²) in [5.41, 5.74) is 3.64. The van der Waals surface area contributed by atoms with Crippen LogP contribution in [0.3, 0.4) is 0 Å². The Bertz CT molecular complexity index is 1250. The molecule has 0 amide bonds. The Balaban J connectivity index is 1.37. The van der Waals surface area contributed by atoms with Gasteiger partial charge in [0.25, 0.3) is 5.56 Å². The lowest BCUT2D eigenvalue weighted by Crippen LogP contribution is -2.30. The van der Waals surface area contributed by atoms with Gasteiger partial charge >= 0.3 is 0 Å². The molecule has 5 rings (SSSR count). The van der Waals surface area contributed by atoms with Crippen molar-refractivity contribution in [2.75, 3.05) is 19.6 Å². The first-order valence-corrected chi connectivity index (χ1v) is 12.1. The number of fused-ring (bicyclic) bond motifs is 1. The first-order valence-electron chi connectivity index (χ1n) is 12.1. The van der Waals surface area contributed by atoms with Crippen LogP contribution < -0.4 is 5.56 Å². The number of nitrogens with zero attached hydrogens (tertiary/aromatic N) is 3. The summed E-state index contributed by atoms with van der Waals surface area (Å²) in [4.78, 5) is 16.0. The van der Waals surface area contributed by atoms with Gasteiger partial charge in [0.2, 0.25) is 0 Å². The molecular weight excluding hydrogens is 406 g/mol. The largest absolute Gasteiger partial charge is 0.303 e. The van der Waals surface area contributed by atoms with Gasteiger partial charge in [-0.25, -0.2) is 4.68 Å². The van der Waals surface area contributed by atoms with Crippen molar-refractivity contribution in [1.82, 2.24) is 14.7 Å². The van der Waals surface area contributed by atoms with Crippen LogP contribution in [0.25, 0.3) is 10.8 Å². The average molecular weight is 438 g/mol. The maximum atomic E-state index is 13.4. The lowest BCUT2D eigenvalue weighted by atomic mass is 10.0. The number of hydrogen-bond donors (Lipinski definition) is 0. The Morgan fingerprint density at radius 3 is 2.18 bits per heavy atom. The molecule has 1 aromatic heterocycles. The Morgan fingerprint density at radius 2 is 1.42 bits per heavy atom. The van der Waals surface area contributed by atoms with Gasteiger partial charge < -0.3 is 4.90 Å². The summed E-state index contributed by atoms with van der Waals surface area (Å²) in [6.07, 6.45) is 4.86. The van der Waals surface area contributed by atoms with Crippen LogP contribution in [0.5, 0.6) is 0 Å². The molecule has 0 spiro atoms. The van der Waals surface area contributed by atoms with Crippen molar-refractivity contribution in [2.45, 2.75) is 38.1 Å². The molecule has 1 saturated heterocycles. The molecule has 2 heterocycles. The molecule has 1 aliphatic heterocycles. The van der Waals surface area contributed by atoms with Crippen LogP contribution in [0, 0.1) is 0 Å². The van der Waals surface area contributed by atoms with E-state index in [1.54, 1.807) is 4.68 Å². The van der Waals surface area contributed by atoms with Crippen molar-refractivity contribution in [3.63, 3.8) is 0 Å². The lowest BCUT2D eigenvalue weighted by Gasteiger charge is -2.21. The summed E-state index contributed by atoms with van der Waals surface area (Å²) in [7, 11) is 0. The minimum absolute atomic E-state index is 0.0464. The van der Waals surface area contributed by atoms with E-state index in [2.05, 4.69) is 59.5 Å². The zero-order valence-corrected chi connectivity index (χ0v) is 19.1. The molecule has 0 saturated carbocycles. The van der Waals surface area contributed by atoms with Crippen LogP contribution in [-0.2, 0) is 12.8 Å². The number of rotatable bonds is 6. The number of hydrogen-bond acceptors (Lipinski definition) is 3. The van der Waals surface area contributed by atoms with Crippen LogP contribution in [-0.4, -0.2) is 34.3 Å². The van der Waals surface area contributed by atoms with E-state index in [1.807, 2.05) is 30.3 Å². The molecule has 3 aromatic carbocycles. The monoisotopic (exact) mass is 437 g/mol. The fourth-order valence-electron chi connectivity index (χ4n) is 4.98. The number of likely N-dealkylation sites (tertiary alicyclic amines) is 1. The molecule has 0 bridgehead atoms. The van der Waals surface area contributed by atoms with Crippen LogP contribution in [0.1, 0.15) is 42.1 Å². The Labute approximate surface area is 195 Å². The third-order valence-electron chi connectivity index (χ3n) is 6.81. The zero-order chi connectivity index (χ0) is 22.5. The van der Waals surface area contributed by atoms with E-state index in [-0.39, 0.29) is 11.6 Å². The van der Waals surface area contributed by atoms with Crippen LogP contribution >= 0.6 is 0 Å². The summed E-state index contributed by atoms with van der Waals surface area (Å²) < 4.78 is 1.81. The summed E-state index contributed by atoms with van der Waals surface area (Å²) >= 11 is 0. The van der Waals surface area contributed by atoms with Crippen molar-refractivity contribution >= 4 is 10.8 Å². The molecule has 4 nitrogen and oxygen atoms in total. The Hall–Kier alpha value is -3.24. The molecule has 0 radical (unpaired) electrons. The highest BCUT2D eigenvalue weighted by atomic mass is 16.1. The molecule has 4 aromatic rings. The first kappa shape index (κ1) is 21.6. The second kappa shape index (κ2) is 10.1. The van der Waals surface area contributed by atoms with E-state index >= 15 is 0 Å². The maximum Gasteiger partial charge on any atom is 0.274 e. The van der Waals surface area contributed by atoms with Gasteiger partial charge in [0.15, 0.2) is 0 Å². The van der Waals surface area contributed by atoms with Gasteiger partial charge in [-0.05, 0) is 49.4 Å². The van der Waals surface area contributed by atoms with Gasteiger partial charge in [0.1, 0.15) is 0 Å². The third-order valence-corrected chi connectivity index (χ3v) is 6.81. The number of benzene rings is 3. The van der Waals surface area contributed by atoms with Crippen molar-refractivity contribution in [3.8, 4) is 0 Å². The fourth-order valence-corrected chi connectivity index (χ4v) is 4.98. The third kappa shape index (κ3) is 5.07. The van der Waals surface area contributed by atoms with Crippen molar-refractivity contribution in [2.24, 2.45) is 0 Å². The number of aromatic nitrogens is 2. The minimum atomic E-state index is 0.0464. The van der Waals surface area contributed by atoms with E-state index in [9.17, 15) is 4.79 Å². The van der Waals surface area contributed by atoms with E-state index in [4.69, 9.17) is 5.10 Å². The van der Waals surface area contributed by atoms with Crippen molar-refractivity contribution < 1.29 is 0 Å². The van der Waals surface area contributed by atoms with Gasteiger partial charge in [-0.1, -0.05) is 78.9 Å². The summed E-state index contributed by atoms with van der Waals surface area (Å²) in [6, 6.07) is 29.2. The highest BCUT2D eigenvalue weighted by Crippen LogP contribution is 2.24. The maximum absolute atomic E-state index is 13.4. The van der Waals surface area contributed by atoms with E-state index in [1.165, 1.54) is 11.1 Å². The SMILES string of the molecule is O=c1c2ccccc2c(Cc2ccccc2)nn1C1CCCN(CCc2ccccc2)CC1. The lowest BCUT2D eigenvalue weighted by molar-refractivity contribution is 0.281. The quantitative estimate of drug-likeness (QED) is 0.413. The molecule has 1 unspecified atom stereocenters. The molecule has 1 atom stereocenters.